The molecule has 34 heavy (non-hydrogen) atoms. The van der Waals surface area contributed by atoms with Gasteiger partial charge in [0.05, 0.1) is 13.0 Å². The second kappa shape index (κ2) is 11.7. The minimum Gasteiger partial charge on any atom is -0.481 e. The number of carboxylic acids is 1. The summed E-state index contributed by atoms with van der Waals surface area (Å²) in [5, 5.41) is 12.6. The number of hydrogen-bond acceptors (Lipinski definition) is 9. The Morgan fingerprint density at radius 1 is 1.03 bits per heavy atom. The smallest absolute Gasteiger partial charge is 0.440 e. The summed E-state index contributed by atoms with van der Waals surface area (Å²) in [6.07, 6.45) is 5.20. The number of piperidine rings is 1. The maximum atomic E-state index is 12.3. The summed E-state index contributed by atoms with van der Waals surface area (Å²) < 4.78 is 10.2. The summed E-state index contributed by atoms with van der Waals surface area (Å²) in [7, 11) is 0. The number of nitrogens with one attached hydrogen (secondary N) is 1. The van der Waals surface area contributed by atoms with Crippen molar-refractivity contribution in [3.63, 3.8) is 0 Å². The van der Waals surface area contributed by atoms with Crippen LogP contribution < -0.4 is 10.7 Å². The quantitative estimate of drug-likeness (QED) is 0.435. The summed E-state index contributed by atoms with van der Waals surface area (Å²) in [6.45, 7) is 7.89. The number of aromatic nitrogens is 2. The highest BCUT2D eigenvalue weighted by atomic mass is 16.6. The predicted octanol–water partition coefficient (Wildman–Crippen LogP) is 0.663. The van der Waals surface area contributed by atoms with Crippen molar-refractivity contribution < 1.29 is 24.0 Å². The van der Waals surface area contributed by atoms with Crippen molar-refractivity contribution in [3.05, 3.63) is 10.6 Å². The highest BCUT2D eigenvalue weighted by Crippen LogP contribution is 2.25. The lowest BCUT2D eigenvalue weighted by Crippen LogP contribution is -2.49. The number of hydrogen-bond donors (Lipinski definition) is 2. The molecule has 4 rings (SSSR count). The molecule has 3 aliphatic heterocycles. The number of carbonyl (C=O) groups is 2. The molecule has 12 nitrogen and oxygen atoms in total. The van der Waals surface area contributed by atoms with Crippen LogP contribution in [-0.4, -0.2) is 114 Å². The van der Waals surface area contributed by atoms with Gasteiger partial charge in [0.25, 0.3) is 0 Å². The number of carboxylic acid groups (broad SMARTS) is 1. The summed E-state index contributed by atoms with van der Waals surface area (Å²) >= 11 is 0. The van der Waals surface area contributed by atoms with Gasteiger partial charge in [-0.1, -0.05) is 12.8 Å². The topological polar surface area (TPSA) is 135 Å². The molecule has 0 radical (unpaired) electrons. The molecule has 3 aliphatic rings. The second-order valence-corrected chi connectivity index (χ2v) is 9.58. The lowest BCUT2D eigenvalue weighted by Gasteiger charge is -2.35. The first-order valence-electron chi connectivity index (χ1n) is 12.4. The van der Waals surface area contributed by atoms with Crippen molar-refractivity contribution >= 4 is 18.0 Å². The number of ether oxygens (including phenoxy) is 1. The molecule has 3 fully saturated rings. The Hall–Kier alpha value is -2.60. The number of aromatic amines is 1. The van der Waals surface area contributed by atoms with Gasteiger partial charge in [-0.15, -0.1) is 0 Å². The normalized spacial score (nSPS) is 22.9. The van der Waals surface area contributed by atoms with Gasteiger partial charge in [-0.2, -0.15) is 0 Å². The molecule has 0 bridgehead atoms. The Morgan fingerprint density at radius 2 is 1.76 bits per heavy atom. The number of carbonyl (C=O) groups excluding carboxylic acids is 1. The fourth-order valence-electron chi connectivity index (χ4n) is 5.12. The number of unbranched alkanes of at least 4 members (excludes halogenated alkanes) is 1. The first-order chi connectivity index (χ1) is 16.5. The molecule has 2 N–H and O–H groups in total. The molecule has 0 aromatic carbocycles. The molecule has 190 valence electrons. The molecule has 1 atom stereocenters. The first-order valence-corrected chi connectivity index (χ1v) is 12.4. The third kappa shape index (κ3) is 6.95. The van der Waals surface area contributed by atoms with Crippen LogP contribution in [0.3, 0.4) is 0 Å². The van der Waals surface area contributed by atoms with E-state index in [4.69, 9.17) is 9.84 Å². The van der Waals surface area contributed by atoms with Gasteiger partial charge < -0.3 is 24.5 Å². The number of aliphatic carboxylic acids is 1. The van der Waals surface area contributed by atoms with E-state index in [2.05, 4.69) is 29.4 Å². The van der Waals surface area contributed by atoms with E-state index in [1.165, 1.54) is 0 Å². The van der Waals surface area contributed by atoms with Crippen LogP contribution in [0.1, 0.15) is 38.5 Å². The number of nitrogens with zero attached hydrogens (tertiary/aromatic N) is 5. The number of amides is 1. The van der Waals surface area contributed by atoms with Crippen LogP contribution in [0.25, 0.3) is 0 Å². The van der Waals surface area contributed by atoms with Gasteiger partial charge >= 0.3 is 17.8 Å². The predicted molar refractivity (Wildman–Crippen MR) is 123 cm³/mol. The monoisotopic (exact) mass is 480 g/mol. The number of rotatable bonds is 11. The zero-order chi connectivity index (χ0) is 23.9. The summed E-state index contributed by atoms with van der Waals surface area (Å²) in [5.74, 6) is -0.101. The van der Waals surface area contributed by atoms with E-state index in [-0.39, 0.29) is 18.6 Å². The molecule has 0 spiro atoms. The molecule has 1 aromatic rings. The maximum Gasteiger partial charge on any atom is 0.440 e. The van der Waals surface area contributed by atoms with E-state index < -0.39 is 11.7 Å². The van der Waals surface area contributed by atoms with Crippen molar-refractivity contribution in [2.24, 2.45) is 5.92 Å². The standard InChI is InChI=1S/C22H36N6O6/c29-19(30)6-8-25-11-13-26(14-12-25)15-18-16-28(22(32)33-18)7-2-1-3-17-4-9-27(10-5-17)20-23-21(31)34-24-20/h17-18H,1-16H2,(H,29,30)(H,23,24,31). The Morgan fingerprint density at radius 3 is 2.44 bits per heavy atom. The molecule has 1 unspecified atom stereocenters. The lowest BCUT2D eigenvalue weighted by molar-refractivity contribution is -0.137. The summed E-state index contributed by atoms with van der Waals surface area (Å²) in [6, 6.07) is 0. The van der Waals surface area contributed by atoms with Crippen molar-refractivity contribution in [2.45, 2.75) is 44.6 Å². The van der Waals surface area contributed by atoms with E-state index in [9.17, 15) is 14.4 Å². The Balaban J connectivity index is 1.07. The number of anilines is 1. The molecule has 4 heterocycles. The van der Waals surface area contributed by atoms with Gasteiger partial charge in [0.2, 0.25) is 5.95 Å². The fourth-order valence-corrected chi connectivity index (χ4v) is 5.12. The van der Waals surface area contributed by atoms with Crippen LogP contribution >= 0.6 is 0 Å². The number of H-pyrrole nitrogens is 1. The molecule has 1 aromatic heterocycles. The molecule has 3 saturated heterocycles. The molecule has 0 aliphatic carbocycles. The van der Waals surface area contributed by atoms with Gasteiger partial charge in [0, 0.05) is 58.9 Å². The van der Waals surface area contributed by atoms with E-state index in [1.54, 1.807) is 0 Å². The SMILES string of the molecule is O=C(O)CCN1CCN(CC2CN(CCCCC3CCN(c4noc(=O)[nH]4)CC3)C(=O)O2)CC1. The molecule has 12 heteroatoms. The Labute approximate surface area is 198 Å². The highest BCUT2D eigenvalue weighted by molar-refractivity contribution is 5.69. The van der Waals surface area contributed by atoms with E-state index in [1.807, 2.05) is 4.90 Å². The van der Waals surface area contributed by atoms with Crippen molar-refractivity contribution in [1.82, 2.24) is 24.8 Å². The lowest BCUT2D eigenvalue weighted by atomic mass is 9.91. The third-order valence-electron chi connectivity index (χ3n) is 7.15. The van der Waals surface area contributed by atoms with Crippen molar-refractivity contribution in [3.8, 4) is 0 Å². The average molecular weight is 481 g/mol. The molecular formula is C22H36N6O6. The van der Waals surface area contributed by atoms with Crippen molar-refractivity contribution in [2.75, 3.05) is 70.3 Å². The zero-order valence-corrected chi connectivity index (χ0v) is 19.7. The fraction of sp³-hybridized carbons (Fsp3) is 0.818. The van der Waals surface area contributed by atoms with Gasteiger partial charge in [-0.25, -0.2) is 9.59 Å². The Kier molecular flexibility index (Phi) is 8.44. The largest absolute Gasteiger partial charge is 0.481 e. The maximum absolute atomic E-state index is 12.3. The van der Waals surface area contributed by atoms with Crippen molar-refractivity contribution in [1.29, 1.82) is 0 Å². The van der Waals surface area contributed by atoms with Crippen LogP contribution in [-0.2, 0) is 9.53 Å². The number of piperazine rings is 1. The second-order valence-electron chi connectivity index (χ2n) is 9.58. The van der Waals surface area contributed by atoms with E-state index in [0.717, 1.165) is 84.5 Å². The minimum absolute atomic E-state index is 0.0923. The van der Waals surface area contributed by atoms with Crippen LogP contribution in [0.15, 0.2) is 9.32 Å². The summed E-state index contributed by atoms with van der Waals surface area (Å²) in [4.78, 5) is 45.1. The van der Waals surface area contributed by atoms with E-state index in [0.29, 0.717) is 25.0 Å². The minimum atomic E-state index is -0.757. The highest BCUT2D eigenvalue weighted by Gasteiger charge is 2.33. The van der Waals surface area contributed by atoms with Gasteiger partial charge in [0.15, 0.2) is 0 Å². The molecule has 0 saturated carbocycles. The Bertz CT molecular complexity index is 858. The molecule has 1 amide bonds. The van der Waals surface area contributed by atoms with Gasteiger partial charge in [-0.05, 0) is 30.3 Å². The average Bonchev–Trinajstić information content (AvgIpc) is 3.41. The summed E-state index contributed by atoms with van der Waals surface area (Å²) in [5.41, 5.74) is 0. The molecular weight excluding hydrogens is 444 g/mol. The zero-order valence-electron chi connectivity index (χ0n) is 19.7. The van der Waals surface area contributed by atoms with Gasteiger partial charge in [-0.3, -0.25) is 19.2 Å². The first kappa shape index (κ1) is 24.5. The van der Waals surface area contributed by atoms with Gasteiger partial charge in [0.1, 0.15) is 6.10 Å². The van der Waals surface area contributed by atoms with Crippen LogP contribution in [0.4, 0.5) is 10.7 Å². The number of cyclic esters (lactones) is 1. The third-order valence-corrected chi connectivity index (χ3v) is 7.15. The van der Waals surface area contributed by atoms with Crippen LogP contribution in [0.5, 0.6) is 0 Å². The van der Waals surface area contributed by atoms with Crippen LogP contribution in [0.2, 0.25) is 0 Å². The van der Waals surface area contributed by atoms with E-state index >= 15 is 0 Å². The van der Waals surface area contributed by atoms with Crippen LogP contribution in [0, 0.1) is 5.92 Å².